The molecule has 0 aliphatic heterocycles. The zero-order valence-electron chi connectivity index (χ0n) is 17.6. The molecule has 0 spiro atoms. The highest BCUT2D eigenvalue weighted by molar-refractivity contribution is 6.31. The van der Waals surface area contributed by atoms with Gasteiger partial charge in [0.05, 0.1) is 11.0 Å². The van der Waals surface area contributed by atoms with Crippen LogP contribution < -0.4 is 0 Å². The van der Waals surface area contributed by atoms with Gasteiger partial charge in [-0.2, -0.15) is 0 Å². The lowest BCUT2D eigenvalue weighted by Crippen LogP contribution is -1.92. The molecule has 0 fully saturated rings. The number of benzene rings is 5. The summed E-state index contributed by atoms with van der Waals surface area (Å²) in [7, 11) is 0. The molecule has 156 valence electrons. The molecule has 7 aromatic rings. The lowest BCUT2D eigenvalue weighted by Gasteiger charge is -2.08. The van der Waals surface area contributed by atoms with Gasteiger partial charge in [-0.1, -0.05) is 72.3 Å². The third kappa shape index (κ3) is 2.75. The van der Waals surface area contributed by atoms with Crippen LogP contribution in [0.5, 0.6) is 0 Å². The van der Waals surface area contributed by atoms with Crippen LogP contribution in [0.4, 0.5) is 0 Å². The Bertz CT molecular complexity index is 1830. The molecule has 0 amide bonds. The molecule has 0 atom stereocenters. The standard InChI is InChI=1S/C30H18ClNO/c31-20-14-15-24-25-11-6-10-22(30(25)33-29(24)18-20)19-13-16-28-26(17-19)23-9-4-5-12-27(23)32(28)21-7-2-1-3-8-21/h1-18H. The number of nitrogens with zero attached hydrogens (tertiary/aromatic N) is 1. The largest absolute Gasteiger partial charge is 0.455 e. The molecule has 2 heterocycles. The Hall–Kier alpha value is -4.01. The zero-order valence-corrected chi connectivity index (χ0v) is 18.4. The van der Waals surface area contributed by atoms with E-state index in [1.165, 1.54) is 21.8 Å². The fraction of sp³-hybridized carbons (Fsp3) is 0. The number of furan rings is 1. The molecule has 0 saturated heterocycles. The van der Waals surface area contributed by atoms with Crippen LogP contribution in [0.2, 0.25) is 5.02 Å². The molecule has 0 unspecified atom stereocenters. The van der Waals surface area contributed by atoms with Gasteiger partial charge < -0.3 is 8.98 Å². The highest BCUT2D eigenvalue weighted by Gasteiger charge is 2.16. The normalized spacial score (nSPS) is 11.8. The number of aromatic nitrogens is 1. The van der Waals surface area contributed by atoms with Gasteiger partial charge in [-0.15, -0.1) is 0 Å². The fourth-order valence-corrected chi connectivity index (χ4v) is 5.16. The minimum atomic E-state index is 0.679. The molecular formula is C30H18ClNO. The quantitative estimate of drug-likeness (QED) is 0.260. The minimum absolute atomic E-state index is 0.679. The lowest BCUT2D eigenvalue weighted by atomic mass is 10.0. The summed E-state index contributed by atoms with van der Waals surface area (Å²) in [5.41, 5.74) is 7.47. The van der Waals surface area contributed by atoms with E-state index in [0.29, 0.717) is 5.02 Å². The van der Waals surface area contributed by atoms with Crippen LogP contribution in [0.3, 0.4) is 0 Å². The van der Waals surface area contributed by atoms with Crippen molar-refractivity contribution in [2.24, 2.45) is 0 Å². The molecule has 7 rings (SSSR count). The second kappa shape index (κ2) is 6.99. The Kier molecular flexibility index (Phi) is 3.93. The number of rotatable bonds is 2. The maximum absolute atomic E-state index is 6.30. The number of halogens is 1. The zero-order chi connectivity index (χ0) is 21.9. The number of hydrogen-bond donors (Lipinski definition) is 0. The third-order valence-electron chi connectivity index (χ3n) is 6.46. The average Bonchev–Trinajstić information content (AvgIpc) is 3.39. The van der Waals surface area contributed by atoms with Crippen molar-refractivity contribution in [1.82, 2.24) is 4.57 Å². The van der Waals surface area contributed by atoms with Crippen LogP contribution >= 0.6 is 11.6 Å². The van der Waals surface area contributed by atoms with Gasteiger partial charge >= 0.3 is 0 Å². The van der Waals surface area contributed by atoms with Crippen molar-refractivity contribution in [3.8, 4) is 16.8 Å². The molecule has 0 radical (unpaired) electrons. The topological polar surface area (TPSA) is 18.1 Å². The SMILES string of the molecule is Clc1ccc2c(c1)oc1c(-c3ccc4c(c3)c3ccccc3n4-c3ccccc3)cccc12. The second-order valence-corrected chi connectivity index (χ2v) is 8.78. The molecule has 0 aliphatic rings. The van der Waals surface area contributed by atoms with Gasteiger partial charge in [0, 0.05) is 43.9 Å². The van der Waals surface area contributed by atoms with Gasteiger partial charge in [0.15, 0.2) is 0 Å². The van der Waals surface area contributed by atoms with Crippen molar-refractivity contribution in [2.45, 2.75) is 0 Å². The Balaban J connectivity index is 1.53. The van der Waals surface area contributed by atoms with Gasteiger partial charge in [-0.25, -0.2) is 0 Å². The van der Waals surface area contributed by atoms with E-state index in [-0.39, 0.29) is 0 Å². The van der Waals surface area contributed by atoms with E-state index in [1.54, 1.807) is 0 Å². The molecular weight excluding hydrogens is 426 g/mol. The van der Waals surface area contributed by atoms with E-state index in [4.69, 9.17) is 16.0 Å². The first-order valence-corrected chi connectivity index (χ1v) is 11.4. The molecule has 3 heteroatoms. The highest BCUT2D eigenvalue weighted by atomic mass is 35.5. The predicted octanol–water partition coefficient (Wildman–Crippen LogP) is 9.00. The summed E-state index contributed by atoms with van der Waals surface area (Å²) in [4.78, 5) is 0. The number of hydrogen-bond acceptors (Lipinski definition) is 1. The monoisotopic (exact) mass is 443 g/mol. The molecule has 0 bridgehead atoms. The molecule has 5 aromatic carbocycles. The smallest absolute Gasteiger partial charge is 0.143 e. The van der Waals surface area contributed by atoms with E-state index in [9.17, 15) is 0 Å². The summed E-state index contributed by atoms with van der Waals surface area (Å²) < 4.78 is 8.63. The third-order valence-corrected chi connectivity index (χ3v) is 6.69. The van der Waals surface area contributed by atoms with E-state index in [2.05, 4.69) is 95.6 Å². The molecule has 2 nitrogen and oxygen atoms in total. The Morgan fingerprint density at radius 2 is 1.36 bits per heavy atom. The highest BCUT2D eigenvalue weighted by Crippen LogP contribution is 2.39. The number of fused-ring (bicyclic) bond motifs is 6. The lowest BCUT2D eigenvalue weighted by molar-refractivity contribution is 0.670. The number of para-hydroxylation sites is 3. The van der Waals surface area contributed by atoms with Crippen LogP contribution in [0.25, 0.3) is 60.6 Å². The summed E-state index contributed by atoms with van der Waals surface area (Å²) in [5, 5.41) is 5.33. The maximum Gasteiger partial charge on any atom is 0.143 e. The van der Waals surface area contributed by atoms with Crippen molar-refractivity contribution >= 4 is 55.3 Å². The van der Waals surface area contributed by atoms with Crippen molar-refractivity contribution in [1.29, 1.82) is 0 Å². The van der Waals surface area contributed by atoms with E-state index in [1.807, 2.05) is 18.2 Å². The van der Waals surface area contributed by atoms with Gasteiger partial charge in [-0.05, 0) is 48.0 Å². The molecule has 33 heavy (non-hydrogen) atoms. The van der Waals surface area contributed by atoms with Crippen LogP contribution in [0, 0.1) is 0 Å². The van der Waals surface area contributed by atoms with Crippen molar-refractivity contribution in [3.63, 3.8) is 0 Å². The van der Waals surface area contributed by atoms with Gasteiger partial charge in [0.2, 0.25) is 0 Å². The maximum atomic E-state index is 6.30. The predicted molar refractivity (Wildman–Crippen MR) is 139 cm³/mol. The second-order valence-electron chi connectivity index (χ2n) is 8.34. The minimum Gasteiger partial charge on any atom is -0.455 e. The van der Waals surface area contributed by atoms with Gasteiger partial charge in [0.25, 0.3) is 0 Å². The summed E-state index contributed by atoms with van der Waals surface area (Å²) in [6.45, 7) is 0. The molecule has 0 saturated carbocycles. The van der Waals surface area contributed by atoms with E-state index < -0.39 is 0 Å². The van der Waals surface area contributed by atoms with Crippen LogP contribution in [0.1, 0.15) is 0 Å². The van der Waals surface area contributed by atoms with Crippen LogP contribution in [0.15, 0.2) is 114 Å². The van der Waals surface area contributed by atoms with Gasteiger partial charge in [-0.3, -0.25) is 0 Å². The van der Waals surface area contributed by atoms with Crippen LogP contribution in [-0.2, 0) is 0 Å². The molecule has 0 aliphatic carbocycles. The van der Waals surface area contributed by atoms with Crippen molar-refractivity contribution < 1.29 is 4.42 Å². The Morgan fingerprint density at radius 3 is 2.27 bits per heavy atom. The summed E-state index contributed by atoms with van der Waals surface area (Å²) in [6, 6.07) is 38.0. The fourth-order valence-electron chi connectivity index (χ4n) is 5.00. The van der Waals surface area contributed by atoms with Crippen LogP contribution in [-0.4, -0.2) is 4.57 Å². The van der Waals surface area contributed by atoms with Gasteiger partial charge in [0.1, 0.15) is 11.2 Å². The Labute approximate surface area is 195 Å². The van der Waals surface area contributed by atoms with E-state index in [0.717, 1.165) is 38.8 Å². The first kappa shape index (κ1) is 18.6. The summed E-state index contributed by atoms with van der Waals surface area (Å²) >= 11 is 6.21. The first-order valence-electron chi connectivity index (χ1n) is 11.0. The molecule has 2 aromatic heterocycles. The summed E-state index contributed by atoms with van der Waals surface area (Å²) in [6.07, 6.45) is 0. The average molecular weight is 444 g/mol. The first-order chi connectivity index (χ1) is 16.3. The Morgan fingerprint density at radius 1 is 0.576 bits per heavy atom. The van der Waals surface area contributed by atoms with Crippen molar-refractivity contribution in [2.75, 3.05) is 0 Å². The molecule has 0 N–H and O–H groups in total. The van der Waals surface area contributed by atoms with Crippen molar-refractivity contribution in [3.05, 3.63) is 114 Å². The van der Waals surface area contributed by atoms with E-state index >= 15 is 0 Å². The summed E-state index contributed by atoms with van der Waals surface area (Å²) in [5.74, 6) is 0.